The van der Waals surface area contributed by atoms with E-state index >= 15 is 0 Å². The van der Waals surface area contributed by atoms with Crippen molar-refractivity contribution in [2.24, 2.45) is 0 Å². The lowest BCUT2D eigenvalue weighted by Gasteiger charge is -2.01. The molecule has 0 N–H and O–H groups in total. The molecule has 11 heavy (non-hydrogen) atoms. The number of ether oxygens (including phenoxy) is 1. The van der Waals surface area contributed by atoms with Crippen molar-refractivity contribution in [1.82, 2.24) is 5.32 Å². The fourth-order valence-electron chi connectivity index (χ4n) is 1.20. The lowest BCUT2D eigenvalue weighted by molar-refractivity contribution is 0.131. The van der Waals surface area contributed by atoms with Gasteiger partial charge >= 0.3 is 0 Å². The molecule has 1 aromatic rings. The molecule has 0 saturated heterocycles. The Bertz CT molecular complexity index is 222. The molecule has 2 heteroatoms. The number of para-hydroxylation sites is 1. The van der Waals surface area contributed by atoms with Crippen LogP contribution in [0.2, 0.25) is 0 Å². The molecule has 0 aliphatic carbocycles. The second-order valence-corrected chi connectivity index (χ2v) is 2.56. The fraction of sp³-hybridized carbons (Fsp3) is 0.333. The van der Waals surface area contributed by atoms with Crippen molar-refractivity contribution in [1.29, 1.82) is 0 Å². The Kier molecular flexibility index (Phi) is 1.78. The van der Waals surface area contributed by atoms with Gasteiger partial charge in [0.15, 0.2) is 0 Å². The summed E-state index contributed by atoms with van der Waals surface area (Å²) in [5.74, 6) is 0. The summed E-state index contributed by atoms with van der Waals surface area (Å²) in [6.07, 6.45) is 0. The van der Waals surface area contributed by atoms with Crippen molar-refractivity contribution in [2.45, 2.75) is 6.61 Å². The van der Waals surface area contributed by atoms with Crippen LogP contribution in [0.4, 0.5) is 5.69 Å². The monoisotopic (exact) mass is 148 g/mol. The summed E-state index contributed by atoms with van der Waals surface area (Å²) < 4.78 is 5.33. The number of rotatable bonds is 0. The maximum Gasteiger partial charge on any atom is 0.0738 e. The third-order valence-corrected chi connectivity index (χ3v) is 1.77. The minimum absolute atomic E-state index is 0.708. The fourth-order valence-corrected chi connectivity index (χ4v) is 1.20. The topological polar surface area (TPSA) is 23.3 Å². The van der Waals surface area contributed by atoms with E-state index in [4.69, 9.17) is 4.74 Å². The van der Waals surface area contributed by atoms with Gasteiger partial charge in [-0.15, -0.1) is 0 Å². The smallest absolute Gasteiger partial charge is 0.0738 e. The van der Waals surface area contributed by atoms with E-state index in [2.05, 4.69) is 11.4 Å². The second-order valence-electron chi connectivity index (χ2n) is 2.56. The third-order valence-electron chi connectivity index (χ3n) is 1.77. The van der Waals surface area contributed by atoms with Gasteiger partial charge in [0.05, 0.1) is 25.4 Å². The molecule has 1 aliphatic heterocycles. The van der Waals surface area contributed by atoms with Crippen LogP contribution in [-0.4, -0.2) is 13.2 Å². The molecule has 0 spiro atoms. The van der Waals surface area contributed by atoms with Crippen molar-refractivity contribution < 1.29 is 4.74 Å². The first-order valence-corrected chi connectivity index (χ1v) is 3.80. The van der Waals surface area contributed by atoms with Gasteiger partial charge in [0.1, 0.15) is 0 Å². The summed E-state index contributed by atoms with van der Waals surface area (Å²) in [5, 5.41) is 4.36. The van der Waals surface area contributed by atoms with Crippen LogP contribution in [0, 0.1) is 0 Å². The largest absolute Gasteiger partial charge is 0.375 e. The second kappa shape index (κ2) is 2.93. The van der Waals surface area contributed by atoms with E-state index in [-0.39, 0.29) is 0 Å². The third kappa shape index (κ3) is 1.35. The molecule has 0 unspecified atom stereocenters. The molecule has 2 nitrogen and oxygen atoms in total. The van der Waals surface area contributed by atoms with Crippen LogP contribution in [0.25, 0.3) is 0 Å². The molecule has 1 radical (unpaired) electrons. The van der Waals surface area contributed by atoms with Crippen molar-refractivity contribution in [2.75, 3.05) is 13.2 Å². The zero-order valence-electron chi connectivity index (χ0n) is 6.29. The number of benzene rings is 1. The van der Waals surface area contributed by atoms with Crippen molar-refractivity contribution in [3.8, 4) is 0 Å². The normalized spacial score (nSPS) is 16.4. The van der Waals surface area contributed by atoms with Crippen LogP contribution < -0.4 is 5.32 Å². The van der Waals surface area contributed by atoms with Gasteiger partial charge in [0.25, 0.3) is 0 Å². The minimum atomic E-state index is 0.708. The molecule has 1 aliphatic rings. The zero-order valence-corrected chi connectivity index (χ0v) is 6.29. The summed E-state index contributed by atoms with van der Waals surface area (Å²) in [6, 6.07) is 8.12. The lowest BCUT2D eigenvalue weighted by atomic mass is 10.2. The number of nitrogens with zero attached hydrogens (tertiary/aromatic N) is 1. The van der Waals surface area contributed by atoms with E-state index in [0.29, 0.717) is 6.61 Å². The molecule has 0 saturated carbocycles. The van der Waals surface area contributed by atoms with Crippen LogP contribution in [0.15, 0.2) is 24.3 Å². The molecular formula is C9H10NO. The quantitative estimate of drug-likeness (QED) is 0.546. The van der Waals surface area contributed by atoms with Gasteiger partial charge in [-0.1, -0.05) is 18.2 Å². The van der Waals surface area contributed by atoms with Crippen molar-refractivity contribution in [3.63, 3.8) is 0 Å². The van der Waals surface area contributed by atoms with E-state index < -0.39 is 0 Å². The summed E-state index contributed by atoms with van der Waals surface area (Å²) in [4.78, 5) is 0. The highest BCUT2D eigenvalue weighted by atomic mass is 16.5. The number of hydrogen-bond donors (Lipinski definition) is 0. The Morgan fingerprint density at radius 2 is 2.18 bits per heavy atom. The average Bonchev–Trinajstić information content (AvgIpc) is 2.28. The maximum atomic E-state index is 5.33. The Morgan fingerprint density at radius 1 is 1.27 bits per heavy atom. The number of hydrogen-bond acceptors (Lipinski definition) is 1. The van der Waals surface area contributed by atoms with E-state index in [1.54, 1.807) is 0 Å². The van der Waals surface area contributed by atoms with Gasteiger partial charge in [0.2, 0.25) is 0 Å². The molecule has 0 aromatic heterocycles. The van der Waals surface area contributed by atoms with Crippen LogP contribution in [0.5, 0.6) is 0 Å². The van der Waals surface area contributed by atoms with Crippen LogP contribution in [-0.2, 0) is 11.3 Å². The highest BCUT2D eigenvalue weighted by Gasteiger charge is 2.05. The molecule has 2 rings (SSSR count). The van der Waals surface area contributed by atoms with E-state index in [0.717, 1.165) is 18.8 Å². The highest BCUT2D eigenvalue weighted by Crippen LogP contribution is 2.17. The van der Waals surface area contributed by atoms with Crippen LogP contribution in [0.1, 0.15) is 5.56 Å². The van der Waals surface area contributed by atoms with Crippen LogP contribution in [0.3, 0.4) is 0 Å². The van der Waals surface area contributed by atoms with Gasteiger partial charge in [-0.3, -0.25) is 5.32 Å². The molecular weight excluding hydrogens is 138 g/mol. The van der Waals surface area contributed by atoms with Crippen LogP contribution >= 0.6 is 0 Å². The van der Waals surface area contributed by atoms with Gasteiger partial charge in [-0.2, -0.15) is 0 Å². The first-order chi connectivity index (χ1) is 5.47. The Morgan fingerprint density at radius 3 is 3.18 bits per heavy atom. The highest BCUT2D eigenvalue weighted by molar-refractivity contribution is 5.44. The van der Waals surface area contributed by atoms with E-state index in [1.807, 2.05) is 18.2 Å². The summed E-state index contributed by atoms with van der Waals surface area (Å²) in [6.45, 7) is 2.24. The van der Waals surface area contributed by atoms with Crippen molar-refractivity contribution >= 4 is 5.69 Å². The molecule has 0 bridgehead atoms. The van der Waals surface area contributed by atoms with Gasteiger partial charge in [-0.25, -0.2) is 0 Å². The predicted octanol–water partition coefficient (Wildman–Crippen LogP) is 1.45. The molecule has 0 fully saturated rings. The standard InChI is InChI=1S/C9H10NO/c1-2-4-9-8(3-1)7-11-6-5-10-9/h1-4H,5-7H2. The molecule has 0 atom stereocenters. The predicted molar refractivity (Wildman–Crippen MR) is 42.8 cm³/mol. The van der Waals surface area contributed by atoms with E-state index in [1.165, 1.54) is 5.56 Å². The Balaban J connectivity index is 2.33. The molecule has 0 amide bonds. The van der Waals surface area contributed by atoms with Crippen molar-refractivity contribution in [3.05, 3.63) is 29.8 Å². The summed E-state index contributed by atoms with van der Waals surface area (Å²) in [7, 11) is 0. The summed E-state index contributed by atoms with van der Waals surface area (Å²) >= 11 is 0. The first-order valence-electron chi connectivity index (χ1n) is 3.80. The van der Waals surface area contributed by atoms with Gasteiger partial charge in [0, 0.05) is 5.56 Å². The SMILES string of the molecule is c1ccc2c(c1)COCC[N]2. The molecule has 1 heterocycles. The Labute approximate surface area is 66.2 Å². The summed E-state index contributed by atoms with van der Waals surface area (Å²) in [5.41, 5.74) is 2.29. The minimum Gasteiger partial charge on any atom is -0.375 e. The number of fused-ring (bicyclic) bond motifs is 1. The van der Waals surface area contributed by atoms with E-state index in [9.17, 15) is 0 Å². The average molecular weight is 148 g/mol. The first kappa shape index (κ1) is 6.68. The van der Waals surface area contributed by atoms with Gasteiger partial charge in [-0.05, 0) is 6.07 Å². The van der Waals surface area contributed by atoms with Gasteiger partial charge < -0.3 is 4.74 Å². The molecule has 57 valence electrons. The lowest BCUT2D eigenvalue weighted by Crippen LogP contribution is -2.02. The maximum absolute atomic E-state index is 5.33. The zero-order chi connectivity index (χ0) is 7.52. The Hall–Kier alpha value is -1.02. The molecule has 1 aromatic carbocycles.